The Morgan fingerprint density at radius 2 is 2.00 bits per heavy atom. The minimum absolute atomic E-state index is 0.00613. The topological polar surface area (TPSA) is 77.5 Å². The van der Waals surface area contributed by atoms with Crippen LogP contribution in [-0.2, 0) is 9.53 Å². The van der Waals surface area contributed by atoms with Gasteiger partial charge in [0.25, 0.3) is 5.91 Å². The van der Waals surface area contributed by atoms with E-state index in [1.54, 1.807) is 18.2 Å². The summed E-state index contributed by atoms with van der Waals surface area (Å²) in [4.78, 5) is 28.0. The monoisotopic (exact) mass is 368 g/mol. The lowest BCUT2D eigenvalue weighted by atomic mass is 10.2. The van der Waals surface area contributed by atoms with Gasteiger partial charge in [-0.25, -0.2) is 9.78 Å². The van der Waals surface area contributed by atoms with Crippen molar-refractivity contribution >= 4 is 40.8 Å². The smallest absolute Gasteiger partial charge is 0.342 e. The number of hydrogen-bond donors (Lipinski definition) is 1. The van der Waals surface area contributed by atoms with Crippen LogP contribution < -0.4 is 10.1 Å². The van der Waals surface area contributed by atoms with Crippen molar-refractivity contribution in [1.29, 1.82) is 0 Å². The number of ether oxygens (including phenoxy) is 2. The van der Waals surface area contributed by atoms with E-state index in [-0.39, 0.29) is 10.7 Å². The molecule has 0 spiro atoms. The predicted molar refractivity (Wildman–Crippen MR) is 90.8 cm³/mol. The highest BCUT2D eigenvalue weighted by molar-refractivity contribution is 6.32. The van der Waals surface area contributed by atoms with E-state index in [0.717, 1.165) is 0 Å². The van der Waals surface area contributed by atoms with Crippen LogP contribution in [0, 0.1) is 0 Å². The van der Waals surface area contributed by atoms with Crippen LogP contribution in [0.1, 0.15) is 17.3 Å². The maximum absolute atomic E-state index is 12.2. The van der Waals surface area contributed by atoms with Crippen molar-refractivity contribution in [2.24, 2.45) is 0 Å². The molecule has 24 heavy (non-hydrogen) atoms. The first-order valence-electron chi connectivity index (χ1n) is 6.88. The lowest BCUT2D eigenvalue weighted by Crippen LogP contribution is -2.30. The molecule has 1 N–H and O–H groups in total. The number of pyridine rings is 1. The van der Waals surface area contributed by atoms with Gasteiger partial charge in [0.2, 0.25) is 0 Å². The van der Waals surface area contributed by atoms with E-state index in [1.165, 1.54) is 32.4 Å². The van der Waals surface area contributed by atoms with E-state index in [2.05, 4.69) is 10.3 Å². The van der Waals surface area contributed by atoms with Crippen LogP contribution in [0.5, 0.6) is 5.75 Å². The normalized spacial score (nSPS) is 11.5. The minimum atomic E-state index is -1.06. The zero-order valence-corrected chi connectivity index (χ0v) is 14.4. The number of halogens is 2. The van der Waals surface area contributed by atoms with Crippen LogP contribution in [0.25, 0.3) is 0 Å². The first-order chi connectivity index (χ1) is 11.4. The van der Waals surface area contributed by atoms with E-state index in [1.807, 2.05) is 0 Å². The molecule has 1 heterocycles. The molecule has 2 rings (SSSR count). The number of methoxy groups -OCH3 is 1. The van der Waals surface area contributed by atoms with Crippen molar-refractivity contribution in [3.63, 3.8) is 0 Å². The summed E-state index contributed by atoms with van der Waals surface area (Å²) in [5, 5.41) is 3.03. The molecule has 0 fully saturated rings. The molecule has 126 valence electrons. The van der Waals surface area contributed by atoms with Gasteiger partial charge in [-0.2, -0.15) is 0 Å². The van der Waals surface area contributed by atoms with E-state index in [9.17, 15) is 9.59 Å². The van der Waals surface area contributed by atoms with Gasteiger partial charge in [-0.3, -0.25) is 4.79 Å². The average molecular weight is 369 g/mol. The molecule has 0 unspecified atom stereocenters. The van der Waals surface area contributed by atoms with E-state index >= 15 is 0 Å². The first-order valence-corrected chi connectivity index (χ1v) is 7.64. The van der Waals surface area contributed by atoms with Gasteiger partial charge in [0.1, 0.15) is 10.9 Å². The lowest BCUT2D eigenvalue weighted by molar-refractivity contribution is -0.123. The van der Waals surface area contributed by atoms with Crippen molar-refractivity contribution in [2.45, 2.75) is 13.0 Å². The number of carbonyl (C=O) groups is 2. The number of rotatable bonds is 5. The maximum atomic E-state index is 12.2. The number of aromatic nitrogens is 1. The second kappa shape index (κ2) is 7.99. The fourth-order valence-electron chi connectivity index (χ4n) is 1.83. The molecule has 0 saturated heterocycles. The maximum Gasteiger partial charge on any atom is 0.342 e. The van der Waals surface area contributed by atoms with Gasteiger partial charge in [-0.05, 0) is 37.3 Å². The number of amides is 1. The Morgan fingerprint density at radius 3 is 2.67 bits per heavy atom. The third kappa shape index (κ3) is 4.37. The van der Waals surface area contributed by atoms with E-state index in [0.29, 0.717) is 16.5 Å². The molecule has 1 amide bonds. The fourth-order valence-corrected chi connectivity index (χ4v) is 2.20. The molecule has 1 atom stereocenters. The van der Waals surface area contributed by atoms with Gasteiger partial charge >= 0.3 is 5.97 Å². The van der Waals surface area contributed by atoms with Crippen molar-refractivity contribution in [3.05, 3.63) is 52.3 Å². The molecule has 1 aromatic carbocycles. The number of benzene rings is 1. The molecular formula is C16H14Cl2N2O4. The first kappa shape index (κ1) is 18.0. The molecule has 1 aromatic heterocycles. The Bertz CT molecular complexity index is 767. The summed E-state index contributed by atoms with van der Waals surface area (Å²) in [5.41, 5.74) is 0.455. The molecule has 0 saturated carbocycles. The van der Waals surface area contributed by atoms with Gasteiger partial charge in [0.05, 0.1) is 18.4 Å². The largest absolute Gasteiger partial charge is 0.495 e. The summed E-state index contributed by atoms with van der Waals surface area (Å²) in [6.45, 7) is 1.44. The van der Waals surface area contributed by atoms with Gasteiger partial charge in [0, 0.05) is 11.2 Å². The van der Waals surface area contributed by atoms with Crippen LogP contribution in [0.2, 0.25) is 10.2 Å². The van der Waals surface area contributed by atoms with E-state index < -0.39 is 18.0 Å². The molecule has 0 radical (unpaired) electrons. The SMILES string of the molecule is COc1ccc(Cl)cc1NC(=O)[C@H](C)OC(=O)c1cccnc1Cl. The Morgan fingerprint density at radius 1 is 1.25 bits per heavy atom. The van der Waals surface area contributed by atoms with Gasteiger partial charge in [-0.15, -0.1) is 0 Å². The van der Waals surface area contributed by atoms with Crippen molar-refractivity contribution in [1.82, 2.24) is 4.98 Å². The Balaban J connectivity index is 2.06. The fraction of sp³-hybridized carbons (Fsp3) is 0.188. The number of hydrogen-bond acceptors (Lipinski definition) is 5. The minimum Gasteiger partial charge on any atom is -0.495 e. The highest BCUT2D eigenvalue weighted by atomic mass is 35.5. The molecular weight excluding hydrogens is 355 g/mol. The highest BCUT2D eigenvalue weighted by Gasteiger charge is 2.21. The summed E-state index contributed by atoms with van der Waals surface area (Å²) in [6.07, 6.45) is 0.387. The number of esters is 1. The number of nitrogens with one attached hydrogen (secondary N) is 1. The van der Waals surface area contributed by atoms with Gasteiger partial charge < -0.3 is 14.8 Å². The van der Waals surface area contributed by atoms with Crippen LogP contribution in [-0.4, -0.2) is 30.1 Å². The van der Waals surface area contributed by atoms with Crippen LogP contribution >= 0.6 is 23.2 Å². The van der Waals surface area contributed by atoms with Crippen molar-refractivity contribution < 1.29 is 19.1 Å². The van der Waals surface area contributed by atoms with E-state index in [4.69, 9.17) is 32.7 Å². The highest BCUT2D eigenvalue weighted by Crippen LogP contribution is 2.28. The molecule has 6 nitrogen and oxygen atoms in total. The molecule has 0 bridgehead atoms. The molecule has 8 heteroatoms. The third-order valence-electron chi connectivity index (χ3n) is 3.05. The zero-order chi connectivity index (χ0) is 17.7. The predicted octanol–water partition coefficient (Wildman–Crippen LogP) is 3.58. The number of nitrogens with zero attached hydrogens (tertiary/aromatic N) is 1. The second-order valence-electron chi connectivity index (χ2n) is 4.72. The molecule has 0 aliphatic carbocycles. The standard InChI is InChI=1S/C16H14Cl2N2O4/c1-9(24-16(22)11-4-3-7-19-14(11)18)15(21)20-12-8-10(17)5-6-13(12)23-2/h3-9H,1-2H3,(H,20,21)/t9-/m0/s1. The summed E-state index contributed by atoms with van der Waals surface area (Å²) < 4.78 is 10.2. The summed E-state index contributed by atoms with van der Waals surface area (Å²) in [7, 11) is 1.47. The van der Waals surface area contributed by atoms with Crippen LogP contribution in [0.3, 0.4) is 0 Å². The summed E-state index contributed by atoms with van der Waals surface area (Å²) in [5.74, 6) is -0.848. The second-order valence-corrected chi connectivity index (χ2v) is 5.52. The molecule has 0 aliphatic rings. The average Bonchev–Trinajstić information content (AvgIpc) is 2.55. The Labute approximate surface area is 148 Å². The number of anilines is 1. The van der Waals surface area contributed by atoms with Gasteiger partial charge in [0.15, 0.2) is 6.10 Å². The number of carbonyl (C=O) groups excluding carboxylic acids is 2. The Kier molecular flexibility index (Phi) is 6.00. The Hall–Kier alpha value is -2.31. The van der Waals surface area contributed by atoms with Crippen molar-refractivity contribution in [2.75, 3.05) is 12.4 Å². The zero-order valence-electron chi connectivity index (χ0n) is 12.9. The third-order valence-corrected chi connectivity index (χ3v) is 3.59. The summed E-state index contributed by atoms with van der Waals surface area (Å²) >= 11 is 11.7. The summed E-state index contributed by atoms with van der Waals surface area (Å²) in [6, 6.07) is 7.78. The quantitative estimate of drug-likeness (QED) is 0.644. The van der Waals surface area contributed by atoms with Crippen LogP contribution in [0.4, 0.5) is 5.69 Å². The van der Waals surface area contributed by atoms with Crippen molar-refractivity contribution in [3.8, 4) is 5.75 Å². The molecule has 2 aromatic rings. The van der Waals surface area contributed by atoms with Gasteiger partial charge in [-0.1, -0.05) is 23.2 Å². The molecule has 0 aliphatic heterocycles. The van der Waals surface area contributed by atoms with Crippen LogP contribution in [0.15, 0.2) is 36.5 Å². The lowest BCUT2D eigenvalue weighted by Gasteiger charge is -2.15.